The first-order valence-corrected chi connectivity index (χ1v) is 16.0. The first-order chi connectivity index (χ1) is 22.4. The SMILES string of the molecule is C=CC(=O)OCCN(CC)c1ccc(N=Nc2ccc(N=Nc3ccc(OC(CCCCCCC)OC(=O)CC)cc3)cc2)cc1. The molecule has 3 rings (SSSR count). The van der Waals surface area contributed by atoms with E-state index >= 15 is 0 Å². The summed E-state index contributed by atoms with van der Waals surface area (Å²) in [6.07, 6.45) is 7.13. The van der Waals surface area contributed by atoms with Crippen molar-refractivity contribution in [1.29, 1.82) is 0 Å². The summed E-state index contributed by atoms with van der Waals surface area (Å²) in [5.74, 6) is -0.0852. The normalized spacial score (nSPS) is 11.8. The van der Waals surface area contributed by atoms with Crippen molar-refractivity contribution in [1.82, 2.24) is 0 Å². The highest BCUT2D eigenvalue weighted by atomic mass is 16.7. The third-order valence-electron chi connectivity index (χ3n) is 6.98. The number of esters is 2. The number of likely N-dealkylation sites (N-methyl/N-ethyl adjacent to an activating group) is 1. The van der Waals surface area contributed by atoms with Gasteiger partial charge in [0.05, 0.1) is 29.3 Å². The first-order valence-electron chi connectivity index (χ1n) is 16.0. The fraction of sp³-hybridized carbons (Fsp3) is 0.389. The van der Waals surface area contributed by atoms with Crippen molar-refractivity contribution in [2.24, 2.45) is 20.5 Å². The zero-order chi connectivity index (χ0) is 33.0. The average molecular weight is 628 g/mol. The Morgan fingerprint density at radius 3 is 1.78 bits per heavy atom. The van der Waals surface area contributed by atoms with Gasteiger partial charge in [0, 0.05) is 31.1 Å². The molecule has 0 heterocycles. The van der Waals surface area contributed by atoms with Gasteiger partial charge in [-0.25, -0.2) is 4.79 Å². The Kier molecular flexibility index (Phi) is 15.7. The molecule has 3 aromatic rings. The van der Waals surface area contributed by atoms with Crippen LogP contribution >= 0.6 is 0 Å². The molecule has 0 aromatic heterocycles. The maximum atomic E-state index is 11.9. The number of anilines is 1. The lowest BCUT2D eigenvalue weighted by Gasteiger charge is -2.22. The molecule has 10 nitrogen and oxygen atoms in total. The Morgan fingerprint density at radius 1 is 0.761 bits per heavy atom. The molecule has 1 unspecified atom stereocenters. The van der Waals surface area contributed by atoms with Gasteiger partial charge >= 0.3 is 11.9 Å². The Bertz CT molecular complexity index is 1410. The number of hydrogen-bond acceptors (Lipinski definition) is 10. The number of benzene rings is 3. The second-order valence-corrected chi connectivity index (χ2v) is 10.5. The molecule has 10 heteroatoms. The van der Waals surface area contributed by atoms with E-state index in [1.807, 2.05) is 67.6 Å². The molecule has 0 aliphatic heterocycles. The molecule has 0 aliphatic carbocycles. The van der Waals surface area contributed by atoms with Crippen LogP contribution in [0.4, 0.5) is 28.4 Å². The molecule has 0 saturated carbocycles. The molecule has 1 atom stereocenters. The van der Waals surface area contributed by atoms with Crippen LogP contribution in [0.3, 0.4) is 0 Å². The third-order valence-corrected chi connectivity index (χ3v) is 6.98. The second kappa shape index (κ2) is 20.2. The van der Waals surface area contributed by atoms with E-state index in [-0.39, 0.29) is 12.6 Å². The Balaban J connectivity index is 1.51. The predicted octanol–water partition coefficient (Wildman–Crippen LogP) is 10.1. The van der Waals surface area contributed by atoms with Gasteiger partial charge in [-0.15, -0.1) is 0 Å². The third kappa shape index (κ3) is 13.0. The summed E-state index contributed by atoms with van der Waals surface area (Å²) < 4.78 is 16.6. The first kappa shape index (κ1) is 35.6. The highest BCUT2D eigenvalue weighted by Crippen LogP contribution is 2.26. The quantitative estimate of drug-likeness (QED) is 0.0405. The Morgan fingerprint density at radius 2 is 1.28 bits per heavy atom. The number of ether oxygens (including phenoxy) is 3. The molecule has 0 amide bonds. The summed E-state index contributed by atoms with van der Waals surface area (Å²) in [6.45, 7) is 11.0. The number of azo groups is 2. The van der Waals surface area contributed by atoms with Gasteiger partial charge in [-0.1, -0.05) is 46.1 Å². The zero-order valence-corrected chi connectivity index (χ0v) is 27.1. The van der Waals surface area contributed by atoms with E-state index < -0.39 is 12.3 Å². The number of carbonyl (C=O) groups is 2. The van der Waals surface area contributed by atoms with Gasteiger partial charge in [-0.2, -0.15) is 20.5 Å². The molecular formula is C36H45N5O5. The number of unbranched alkanes of at least 4 members (excludes halogenated alkanes) is 4. The van der Waals surface area contributed by atoms with Crippen molar-refractivity contribution in [3.05, 3.63) is 85.5 Å². The Labute approximate surface area is 272 Å². The fourth-order valence-electron chi connectivity index (χ4n) is 4.36. The van der Waals surface area contributed by atoms with Crippen molar-refractivity contribution in [3.8, 4) is 5.75 Å². The largest absolute Gasteiger partial charge is 0.461 e. The average Bonchev–Trinajstić information content (AvgIpc) is 3.09. The lowest BCUT2D eigenvalue weighted by atomic mass is 10.1. The maximum Gasteiger partial charge on any atom is 0.330 e. The van der Waals surface area contributed by atoms with Crippen LogP contribution in [0.25, 0.3) is 0 Å². The number of nitrogens with zero attached hydrogens (tertiary/aromatic N) is 5. The molecule has 0 fully saturated rings. The van der Waals surface area contributed by atoms with Crippen LogP contribution in [0.2, 0.25) is 0 Å². The summed E-state index contributed by atoms with van der Waals surface area (Å²) in [7, 11) is 0. The molecule has 3 aromatic carbocycles. The molecular weight excluding hydrogens is 582 g/mol. The van der Waals surface area contributed by atoms with Gasteiger partial charge in [0.25, 0.3) is 0 Å². The predicted molar refractivity (Wildman–Crippen MR) is 181 cm³/mol. The number of carbonyl (C=O) groups excluding carboxylic acids is 2. The number of rotatable bonds is 20. The zero-order valence-electron chi connectivity index (χ0n) is 27.1. The van der Waals surface area contributed by atoms with E-state index in [1.165, 1.54) is 19.3 Å². The molecule has 0 N–H and O–H groups in total. The smallest absolute Gasteiger partial charge is 0.330 e. The summed E-state index contributed by atoms with van der Waals surface area (Å²) in [5.41, 5.74) is 3.75. The fourth-order valence-corrected chi connectivity index (χ4v) is 4.36. The summed E-state index contributed by atoms with van der Waals surface area (Å²) in [5, 5.41) is 17.3. The second-order valence-electron chi connectivity index (χ2n) is 10.5. The van der Waals surface area contributed by atoms with Gasteiger partial charge < -0.3 is 19.1 Å². The molecule has 0 bridgehead atoms. The van der Waals surface area contributed by atoms with Crippen molar-refractivity contribution in [2.45, 2.75) is 72.0 Å². The van der Waals surface area contributed by atoms with E-state index in [4.69, 9.17) is 14.2 Å². The van der Waals surface area contributed by atoms with Crippen molar-refractivity contribution in [3.63, 3.8) is 0 Å². The van der Waals surface area contributed by atoms with Crippen molar-refractivity contribution in [2.75, 3.05) is 24.6 Å². The monoisotopic (exact) mass is 627 g/mol. The highest BCUT2D eigenvalue weighted by molar-refractivity contribution is 5.81. The summed E-state index contributed by atoms with van der Waals surface area (Å²) in [6, 6.07) is 22.2. The number of hydrogen-bond donors (Lipinski definition) is 0. The van der Waals surface area contributed by atoms with Gasteiger partial charge in [-0.3, -0.25) is 4.79 Å². The lowest BCUT2D eigenvalue weighted by molar-refractivity contribution is -0.164. The van der Waals surface area contributed by atoms with Crippen LogP contribution in [0, 0.1) is 0 Å². The van der Waals surface area contributed by atoms with Crippen molar-refractivity contribution < 1.29 is 23.8 Å². The Hall–Kier alpha value is -4.86. The minimum Gasteiger partial charge on any atom is -0.461 e. The lowest BCUT2D eigenvalue weighted by Crippen LogP contribution is -2.27. The van der Waals surface area contributed by atoms with Crippen LogP contribution in [-0.2, 0) is 19.1 Å². The van der Waals surface area contributed by atoms with E-state index in [0.29, 0.717) is 42.2 Å². The van der Waals surface area contributed by atoms with Crippen LogP contribution in [0.1, 0.15) is 65.7 Å². The molecule has 0 saturated heterocycles. The van der Waals surface area contributed by atoms with E-state index in [2.05, 4.69) is 38.9 Å². The molecule has 0 radical (unpaired) electrons. The van der Waals surface area contributed by atoms with E-state index in [9.17, 15) is 9.59 Å². The summed E-state index contributed by atoms with van der Waals surface area (Å²) >= 11 is 0. The van der Waals surface area contributed by atoms with Gasteiger partial charge in [0.1, 0.15) is 12.4 Å². The van der Waals surface area contributed by atoms with Gasteiger partial charge in [0.2, 0.25) is 6.29 Å². The molecule has 0 aliphatic rings. The summed E-state index contributed by atoms with van der Waals surface area (Å²) in [4.78, 5) is 25.2. The highest BCUT2D eigenvalue weighted by Gasteiger charge is 2.15. The van der Waals surface area contributed by atoms with Crippen LogP contribution < -0.4 is 9.64 Å². The minimum atomic E-state index is -0.602. The standard InChI is InChI=1S/C36H45N5O5/c1-5-9-10-11-12-13-36(46-35(43)7-3)45-33-24-20-31(21-25-33)40-38-29-16-14-28(15-17-29)37-39-30-18-22-32(23-19-30)41(8-4)26-27-44-34(42)6-2/h6,14-25,36H,2,5,7-13,26-27H2,1,3-4H3. The van der Waals surface area contributed by atoms with E-state index in [0.717, 1.165) is 36.8 Å². The molecule has 0 spiro atoms. The van der Waals surface area contributed by atoms with Crippen LogP contribution in [0.15, 0.2) is 106 Å². The van der Waals surface area contributed by atoms with Crippen LogP contribution in [-0.4, -0.2) is 37.9 Å². The molecule has 46 heavy (non-hydrogen) atoms. The van der Waals surface area contributed by atoms with Crippen LogP contribution in [0.5, 0.6) is 5.75 Å². The topological polar surface area (TPSA) is 115 Å². The van der Waals surface area contributed by atoms with Crippen molar-refractivity contribution >= 4 is 40.4 Å². The van der Waals surface area contributed by atoms with E-state index in [1.54, 1.807) is 19.1 Å². The minimum absolute atomic E-state index is 0.271. The maximum absolute atomic E-state index is 11.9. The van der Waals surface area contributed by atoms with Gasteiger partial charge in [-0.05, 0) is 86.1 Å². The van der Waals surface area contributed by atoms with Gasteiger partial charge in [0.15, 0.2) is 0 Å². The molecule has 244 valence electrons.